The van der Waals surface area contributed by atoms with Gasteiger partial charge in [-0.25, -0.2) is 8.42 Å². The van der Waals surface area contributed by atoms with Gasteiger partial charge in [0.25, 0.3) is 0 Å². The van der Waals surface area contributed by atoms with Crippen molar-refractivity contribution < 1.29 is 13.2 Å². The Morgan fingerprint density at radius 2 is 1.70 bits per heavy atom. The number of fused-ring (bicyclic) bond motifs is 1. The van der Waals surface area contributed by atoms with E-state index in [4.69, 9.17) is 0 Å². The Kier molecular flexibility index (Phi) is 2.81. The molecule has 0 aliphatic heterocycles. The van der Waals surface area contributed by atoms with Crippen LogP contribution in [0.2, 0.25) is 0 Å². The van der Waals surface area contributed by atoms with Crippen molar-refractivity contribution in [1.82, 2.24) is 0 Å². The van der Waals surface area contributed by atoms with Gasteiger partial charge in [0.1, 0.15) is 0 Å². The number of hydrogen-bond donors (Lipinski definition) is 0. The van der Waals surface area contributed by atoms with E-state index >= 15 is 0 Å². The molecule has 3 nitrogen and oxygen atoms in total. The molecule has 20 heavy (non-hydrogen) atoms. The number of hydrogen-bond acceptors (Lipinski definition) is 3. The van der Waals surface area contributed by atoms with Crippen molar-refractivity contribution in [2.75, 3.05) is 0 Å². The Morgan fingerprint density at radius 1 is 1.15 bits per heavy atom. The lowest BCUT2D eigenvalue weighted by atomic mass is 10.1. The molecule has 0 saturated heterocycles. The number of Topliss-reactive ketones (excluding diaryl/α,β-unsaturated/α-hetero) is 1. The predicted molar refractivity (Wildman–Crippen MR) is 81.1 cm³/mol. The lowest BCUT2D eigenvalue weighted by Gasteiger charge is -2.18. The number of alkyl halides is 1. The fourth-order valence-electron chi connectivity index (χ4n) is 3.75. The third-order valence-corrected chi connectivity index (χ3v) is 9.14. The normalized spacial score (nSPS) is 32.3. The average Bonchev–Trinajstić information content (AvgIpc) is 2.85. The molecule has 2 saturated carbocycles. The van der Waals surface area contributed by atoms with E-state index in [1.54, 1.807) is 13.8 Å². The molecular formula is C15H17BrO3S. The van der Waals surface area contributed by atoms with Gasteiger partial charge in [0.15, 0.2) is 20.4 Å². The van der Waals surface area contributed by atoms with Crippen LogP contribution in [0, 0.1) is 20.8 Å². The summed E-state index contributed by atoms with van der Waals surface area (Å²) in [6.45, 7) is 5.56. The second kappa shape index (κ2) is 3.95. The van der Waals surface area contributed by atoms with Gasteiger partial charge in [0.05, 0.1) is 9.22 Å². The zero-order valence-corrected chi connectivity index (χ0v) is 14.2. The summed E-state index contributed by atoms with van der Waals surface area (Å²) in [4.78, 5) is 12.6. The van der Waals surface area contributed by atoms with Crippen LogP contribution in [0.5, 0.6) is 0 Å². The van der Waals surface area contributed by atoms with Crippen molar-refractivity contribution in [3.8, 4) is 0 Å². The van der Waals surface area contributed by atoms with Crippen molar-refractivity contribution in [3.05, 3.63) is 28.8 Å². The fraction of sp³-hybridized carbons (Fsp3) is 0.533. The molecule has 2 aliphatic carbocycles. The van der Waals surface area contributed by atoms with Gasteiger partial charge in [0, 0.05) is 6.42 Å². The third kappa shape index (κ3) is 1.51. The molecule has 1 aromatic rings. The highest BCUT2D eigenvalue weighted by Crippen LogP contribution is 2.68. The van der Waals surface area contributed by atoms with E-state index in [9.17, 15) is 13.2 Å². The Bertz CT molecular complexity index is 714. The summed E-state index contributed by atoms with van der Waals surface area (Å²) in [7, 11) is -3.65. The lowest BCUT2D eigenvalue weighted by Crippen LogP contribution is -2.35. The Morgan fingerprint density at radius 3 is 2.10 bits per heavy atom. The second-order valence-electron chi connectivity index (χ2n) is 6.12. The van der Waals surface area contributed by atoms with Crippen molar-refractivity contribution in [3.63, 3.8) is 0 Å². The van der Waals surface area contributed by atoms with E-state index in [-0.39, 0.29) is 5.78 Å². The maximum Gasteiger partial charge on any atom is 0.193 e. The van der Waals surface area contributed by atoms with Crippen LogP contribution in [0.4, 0.5) is 0 Å². The molecule has 108 valence electrons. The maximum atomic E-state index is 13.1. The summed E-state index contributed by atoms with van der Waals surface area (Å²) in [6.07, 6.45) is 1.39. The quantitative estimate of drug-likeness (QED) is 0.765. The molecule has 0 amide bonds. The first kappa shape index (κ1) is 14.3. The lowest BCUT2D eigenvalue weighted by molar-refractivity contribution is -0.118. The van der Waals surface area contributed by atoms with Crippen LogP contribution in [-0.2, 0) is 14.6 Å². The number of carbonyl (C=O) groups excluding carboxylic acids is 1. The largest absolute Gasteiger partial charge is 0.298 e. The summed E-state index contributed by atoms with van der Waals surface area (Å²) < 4.78 is 24.5. The van der Waals surface area contributed by atoms with Crippen molar-refractivity contribution in [2.24, 2.45) is 0 Å². The minimum atomic E-state index is -3.65. The number of aryl methyl sites for hydroxylation is 3. The van der Waals surface area contributed by atoms with Gasteiger partial charge in [-0.15, -0.1) is 0 Å². The van der Waals surface area contributed by atoms with Crippen LogP contribution in [0.1, 0.15) is 36.0 Å². The Labute approximate surface area is 127 Å². The molecule has 0 aromatic heterocycles. The molecule has 0 heterocycles. The minimum Gasteiger partial charge on any atom is -0.298 e. The summed E-state index contributed by atoms with van der Waals surface area (Å²) in [5.74, 6) is -0.131. The molecule has 0 N–H and O–H groups in total. The zero-order chi connectivity index (χ0) is 14.9. The maximum absolute atomic E-state index is 13.1. The number of carbonyl (C=O) groups is 1. The number of rotatable bonds is 2. The first-order valence-corrected chi connectivity index (χ1v) is 8.98. The summed E-state index contributed by atoms with van der Waals surface area (Å²) in [5.41, 5.74) is 2.51. The van der Waals surface area contributed by atoms with Crippen LogP contribution in [0.3, 0.4) is 0 Å². The number of ketones is 1. The van der Waals surface area contributed by atoms with Gasteiger partial charge in [-0.2, -0.15) is 0 Å². The SMILES string of the molecule is Cc1cc(C)c(S(=O)(=O)[C@]23C[C@@]2(Br)CCC3=O)c(C)c1. The van der Waals surface area contributed by atoms with Crippen molar-refractivity contribution >= 4 is 31.6 Å². The smallest absolute Gasteiger partial charge is 0.193 e. The first-order chi connectivity index (χ1) is 9.16. The first-order valence-electron chi connectivity index (χ1n) is 6.70. The molecule has 1 aromatic carbocycles. The van der Waals surface area contributed by atoms with Gasteiger partial charge in [-0.3, -0.25) is 4.79 Å². The summed E-state index contributed by atoms with van der Waals surface area (Å²) in [6, 6.07) is 3.74. The highest BCUT2D eigenvalue weighted by atomic mass is 79.9. The molecule has 2 aliphatic rings. The van der Waals surface area contributed by atoms with Crippen LogP contribution < -0.4 is 0 Å². The van der Waals surface area contributed by atoms with Crippen LogP contribution in [-0.4, -0.2) is 23.3 Å². The van der Waals surface area contributed by atoms with E-state index in [0.29, 0.717) is 24.2 Å². The predicted octanol–water partition coefficient (Wildman–Crippen LogP) is 3.02. The summed E-state index contributed by atoms with van der Waals surface area (Å²) >= 11 is 3.51. The van der Waals surface area contributed by atoms with Crippen molar-refractivity contribution in [2.45, 2.75) is 54.0 Å². The van der Waals surface area contributed by atoms with Crippen molar-refractivity contribution in [1.29, 1.82) is 0 Å². The monoisotopic (exact) mass is 356 g/mol. The molecule has 0 bridgehead atoms. The van der Waals surface area contributed by atoms with E-state index in [1.807, 2.05) is 19.1 Å². The van der Waals surface area contributed by atoms with Gasteiger partial charge >= 0.3 is 0 Å². The van der Waals surface area contributed by atoms with E-state index < -0.39 is 18.9 Å². The average molecular weight is 357 g/mol. The highest BCUT2D eigenvalue weighted by Gasteiger charge is 2.80. The standard InChI is InChI=1S/C15H17BrO3S/c1-9-6-10(2)13(11(3)7-9)20(18,19)15-8-14(15,16)5-4-12(15)17/h6-7H,4-5,8H2,1-3H3/t14-,15-/m0/s1. The van der Waals surface area contributed by atoms with Gasteiger partial charge in [0.2, 0.25) is 0 Å². The molecule has 2 fully saturated rings. The molecule has 5 heteroatoms. The summed E-state index contributed by atoms with van der Waals surface area (Å²) in [5, 5.41) is 0. The number of sulfone groups is 1. The van der Waals surface area contributed by atoms with E-state index in [2.05, 4.69) is 15.9 Å². The molecule has 0 unspecified atom stereocenters. The fourth-order valence-corrected chi connectivity index (χ4v) is 8.15. The van der Waals surface area contributed by atoms with Gasteiger partial charge in [-0.1, -0.05) is 33.6 Å². The molecule has 0 spiro atoms. The second-order valence-corrected chi connectivity index (χ2v) is 9.75. The highest BCUT2D eigenvalue weighted by molar-refractivity contribution is 9.10. The Balaban J connectivity index is 2.24. The molecule has 0 radical (unpaired) electrons. The Hall–Kier alpha value is -0.680. The topological polar surface area (TPSA) is 51.2 Å². The van der Waals surface area contributed by atoms with E-state index in [0.717, 1.165) is 16.7 Å². The third-order valence-electron chi connectivity index (χ3n) is 4.66. The van der Waals surface area contributed by atoms with Crippen LogP contribution in [0.25, 0.3) is 0 Å². The molecule has 3 rings (SSSR count). The van der Waals surface area contributed by atoms with E-state index in [1.165, 1.54) is 0 Å². The minimum absolute atomic E-state index is 0.131. The zero-order valence-electron chi connectivity index (χ0n) is 11.8. The van der Waals surface area contributed by atoms with Crippen LogP contribution >= 0.6 is 15.9 Å². The number of benzene rings is 1. The number of halogens is 1. The molecular weight excluding hydrogens is 340 g/mol. The molecule has 2 atom stereocenters. The van der Waals surface area contributed by atoms with Gasteiger partial charge < -0.3 is 0 Å². The van der Waals surface area contributed by atoms with Gasteiger partial charge in [-0.05, 0) is 44.7 Å². The van der Waals surface area contributed by atoms with Crippen LogP contribution in [0.15, 0.2) is 17.0 Å².